The maximum Gasteiger partial charge on any atom is 0.346 e. The summed E-state index contributed by atoms with van der Waals surface area (Å²) in [6.07, 6.45) is 0. The van der Waals surface area contributed by atoms with Crippen molar-refractivity contribution < 1.29 is 14.1 Å². The number of halogens is 1. The second-order valence-electron chi connectivity index (χ2n) is 2.28. The Bertz CT molecular complexity index is 327. The largest absolute Gasteiger partial charge is 0.487 e. The summed E-state index contributed by atoms with van der Waals surface area (Å²) in [6, 6.07) is 3.76. The summed E-state index contributed by atoms with van der Waals surface area (Å²) in [5.74, 6) is -0.913. The molecule has 0 N–H and O–H groups in total. The molecule has 13 heavy (non-hydrogen) atoms. The van der Waals surface area contributed by atoms with Crippen molar-refractivity contribution in [1.29, 1.82) is 0 Å². The molecule has 0 fully saturated rings. The molecule has 0 unspecified atom stereocenters. The van der Waals surface area contributed by atoms with Crippen molar-refractivity contribution in [2.45, 2.75) is 6.92 Å². The molecular weight excluding hydrogens is 177 g/mol. The van der Waals surface area contributed by atoms with Gasteiger partial charge >= 0.3 is 5.69 Å². The highest BCUT2D eigenvalue weighted by Gasteiger charge is 2.20. The van der Waals surface area contributed by atoms with Crippen molar-refractivity contribution in [2.75, 3.05) is 6.61 Å². The first-order chi connectivity index (χ1) is 6.16. The molecule has 5 heteroatoms. The summed E-state index contributed by atoms with van der Waals surface area (Å²) in [5, 5.41) is 10.4. The third-order valence-corrected chi connectivity index (χ3v) is 1.43. The summed E-state index contributed by atoms with van der Waals surface area (Å²) >= 11 is 0. The van der Waals surface area contributed by atoms with Crippen LogP contribution < -0.4 is 4.74 Å². The van der Waals surface area contributed by atoms with Gasteiger partial charge in [-0.05, 0) is 19.1 Å². The highest BCUT2D eigenvalue weighted by atomic mass is 19.1. The van der Waals surface area contributed by atoms with E-state index in [2.05, 4.69) is 0 Å². The minimum Gasteiger partial charge on any atom is -0.487 e. The summed E-state index contributed by atoms with van der Waals surface area (Å²) in [6.45, 7) is 1.94. The van der Waals surface area contributed by atoms with Crippen LogP contribution in [-0.2, 0) is 0 Å². The average molecular weight is 185 g/mol. The molecule has 0 radical (unpaired) electrons. The van der Waals surface area contributed by atoms with E-state index in [9.17, 15) is 14.5 Å². The lowest BCUT2D eigenvalue weighted by atomic mass is 10.3. The number of hydrogen-bond acceptors (Lipinski definition) is 3. The van der Waals surface area contributed by atoms with E-state index in [1.165, 1.54) is 12.1 Å². The summed E-state index contributed by atoms with van der Waals surface area (Å²) in [7, 11) is 0. The minimum atomic E-state index is -0.879. The van der Waals surface area contributed by atoms with Gasteiger partial charge in [0.2, 0.25) is 5.82 Å². The van der Waals surface area contributed by atoms with Gasteiger partial charge in [-0.25, -0.2) is 0 Å². The van der Waals surface area contributed by atoms with Crippen LogP contribution in [0.15, 0.2) is 18.2 Å². The number of nitro benzene ring substituents is 1. The molecule has 0 aromatic heterocycles. The first-order valence-corrected chi connectivity index (χ1v) is 3.72. The van der Waals surface area contributed by atoms with Crippen molar-refractivity contribution in [3.05, 3.63) is 34.1 Å². The summed E-state index contributed by atoms with van der Waals surface area (Å²) < 4.78 is 17.8. The molecule has 0 atom stereocenters. The van der Waals surface area contributed by atoms with Gasteiger partial charge in [-0.2, -0.15) is 4.39 Å². The van der Waals surface area contributed by atoms with Crippen LogP contribution in [0.25, 0.3) is 0 Å². The van der Waals surface area contributed by atoms with E-state index < -0.39 is 16.4 Å². The SMILES string of the molecule is CCOc1cccc(F)c1[N+](=O)[O-]. The first-order valence-electron chi connectivity index (χ1n) is 3.72. The molecule has 0 spiro atoms. The number of rotatable bonds is 3. The van der Waals surface area contributed by atoms with Crippen LogP contribution in [0.2, 0.25) is 0 Å². The van der Waals surface area contributed by atoms with Crippen LogP contribution in [0.1, 0.15) is 6.92 Å². The molecule has 1 aromatic carbocycles. The number of para-hydroxylation sites is 1. The highest BCUT2D eigenvalue weighted by Crippen LogP contribution is 2.29. The number of nitro groups is 1. The Labute approximate surface area is 74.1 Å². The average Bonchev–Trinajstić information content (AvgIpc) is 2.04. The predicted octanol–water partition coefficient (Wildman–Crippen LogP) is 2.13. The molecule has 0 aliphatic carbocycles. The van der Waals surface area contributed by atoms with E-state index in [1.54, 1.807) is 6.92 Å². The van der Waals surface area contributed by atoms with Crippen LogP contribution in [0.3, 0.4) is 0 Å². The zero-order chi connectivity index (χ0) is 9.84. The van der Waals surface area contributed by atoms with Crippen LogP contribution in [-0.4, -0.2) is 11.5 Å². The lowest BCUT2D eigenvalue weighted by Gasteiger charge is -2.03. The lowest BCUT2D eigenvalue weighted by Crippen LogP contribution is -1.99. The van der Waals surface area contributed by atoms with Crippen molar-refractivity contribution in [2.24, 2.45) is 0 Å². The Morgan fingerprint density at radius 1 is 1.62 bits per heavy atom. The zero-order valence-corrected chi connectivity index (χ0v) is 6.99. The van der Waals surface area contributed by atoms with E-state index in [0.717, 1.165) is 6.07 Å². The van der Waals surface area contributed by atoms with Gasteiger partial charge < -0.3 is 4.74 Å². The third kappa shape index (κ3) is 1.93. The molecule has 0 aliphatic rings. The minimum absolute atomic E-state index is 0.0347. The molecule has 70 valence electrons. The van der Waals surface area contributed by atoms with Gasteiger partial charge in [-0.3, -0.25) is 10.1 Å². The summed E-state index contributed by atoms with van der Waals surface area (Å²) in [5.41, 5.74) is -0.607. The quantitative estimate of drug-likeness (QED) is 0.535. The van der Waals surface area contributed by atoms with Crippen LogP contribution >= 0.6 is 0 Å². The van der Waals surface area contributed by atoms with Gasteiger partial charge in [0.25, 0.3) is 0 Å². The highest BCUT2D eigenvalue weighted by molar-refractivity contribution is 5.47. The van der Waals surface area contributed by atoms with Crippen molar-refractivity contribution >= 4 is 5.69 Å². The fourth-order valence-electron chi connectivity index (χ4n) is 0.945. The van der Waals surface area contributed by atoms with Gasteiger partial charge in [0.15, 0.2) is 5.75 Å². The van der Waals surface area contributed by atoms with Gasteiger partial charge in [0, 0.05) is 0 Å². The Morgan fingerprint density at radius 3 is 2.85 bits per heavy atom. The predicted molar refractivity (Wildman–Crippen MR) is 44.2 cm³/mol. The standard InChI is InChI=1S/C8H8FNO3/c1-2-13-7-5-3-4-6(9)8(7)10(11)12/h3-5H,2H2,1H3. The topological polar surface area (TPSA) is 52.4 Å². The zero-order valence-electron chi connectivity index (χ0n) is 6.99. The Balaban J connectivity index is 3.17. The first kappa shape index (κ1) is 9.44. The van der Waals surface area contributed by atoms with E-state index in [0.29, 0.717) is 0 Å². The third-order valence-electron chi connectivity index (χ3n) is 1.43. The Morgan fingerprint density at radius 2 is 2.31 bits per heavy atom. The van der Waals surface area contributed by atoms with Crippen LogP contribution in [0.4, 0.5) is 10.1 Å². The summed E-state index contributed by atoms with van der Waals surface area (Å²) in [4.78, 5) is 9.61. The van der Waals surface area contributed by atoms with Gasteiger partial charge in [0.1, 0.15) is 0 Å². The second kappa shape index (κ2) is 3.84. The van der Waals surface area contributed by atoms with Gasteiger partial charge in [-0.15, -0.1) is 0 Å². The molecule has 4 nitrogen and oxygen atoms in total. The molecule has 0 amide bonds. The molecule has 0 heterocycles. The molecule has 1 rings (SSSR count). The fourth-order valence-corrected chi connectivity index (χ4v) is 0.945. The number of benzene rings is 1. The maximum absolute atomic E-state index is 12.9. The van der Waals surface area contributed by atoms with Gasteiger partial charge in [0.05, 0.1) is 11.5 Å². The second-order valence-corrected chi connectivity index (χ2v) is 2.28. The molecule has 1 aromatic rings. The molecule has 0 saturated carbocycles. The monoisotopic (exact) mass is 185 g/mol. The number of ether oxygens (including phenoxy) is 1. The lowest BCUT2D eigenvalue weighted by molar-refractivity contribution is -0.388. The van der Waals surface area contributed by atoms with E-state index in [1.807, 2.05) is 0 Å². The molecule has 0 aliphatic heterocycles. The van der Waals surface area contributed by atoms with Crippen molar-refractivity contribution in [3.8, 4) is 5.75 Å². The fraction of sp³-hybridized carbons (Fsp3) is 0.250. The van der Waals surface area contributed by atoms with E-state index in [-0.39, 0.29) is 12.4 Å². The van der Waals surface area contributed by atoms with Gasteiger partial charge in [-0.1, -0.05) is 6.07 Å². The number of nitrogens with zero attached hydrogens (tertiary/aromatic N) is 1. The van der Waals surface area contributed by atoms with E-state index in [4.69, 9.17) is 4.74 Å². The normalized spacial score (nSPS) is 9.69. The van der Waals surface area contributed by atoms with Crippen molar-refractivity contribution in [3.63, 3.8) is 0 Å². The Kier molecular flexibility index (Phi) is 2.79. The molecular formula is C8H8FNO3. The van der Waals surface area contributed by atoms with Crippen LogP contribution in [0.5, 0.6) is 5.75 Å². The van der Waals surface area contributed by atoms with Crippen molar-refractivity contribution in [1.82, 2.24) is 0 Å². The number of hydrogen-bond donors (Lipinski definition) is 0. The molecule has 0 bridgehead atoms. The smallest absolute Gasteiger partial charge is 0.346 e. The molecule has 0 saturated heterocycles. The maximum atomic E-state index is 12.9. The Hall–Kier alpha value is -1.65. The van der Waals surface area contributed by atoms with Crippen LogP contribution in [0, 0.1) is 15.9 Å². The van der Waals surface area contributed by atoms with E-state index >= 15 is 0 Å².